The van der Waals surface area contributed by atoms with Crippen LogP contribution in [0.25, 0.3) is 0 Å². The van der Waals surface area contributed by atoms with Crippen molar-refractivity contribution in [3.05, 3.63) is 24.3 Å². The smallest absolute Gasteiger partial charge is 0.323 e. The molecule has 2 rings (SSSR count). The molecule has 0 saturated heterocycles. The summed E-state index contributed by atoms with van der Waals surface area (Å²) < 4.78 is 10.7. The van der Waals surface area contributed by atoms with Crippen LogP contribution in [0.1, 0.15) is 6.92 Å². The number of amides is 2. The summed E-state index contributed by atoms with van der Waals surface area (Å²) in [6.45, 7) is 3.41. The standard InChI is InChI=1S/C13H17N3O3S/c1-2-18-10-3-5-11(6-4-10)19-9-15-12(17)16-13-14-7-8-20-13/h3-6H,2,7-9H2,1H3,(H2,14,15,16,17). The molecule has 1 aromatic carbocycles. The van der Waals surface area contributed by atoms with Gasteiger partial charge in [0.15, 0.2) is 11.9 Å². The Labute approximate surface area is 121 Å². The van der Waals surface area contributed by atoms with Gasteiger partial charge in [0.05, 0.1) is 13.2 Å². The van der Waals surface area contributed by atoms with E-state index in [4.69, 9.17) is 9.47 Å². The fraction of sp³-hybridized carbons (Fsp3) is 0.385. The molecule has 0 fully saturated rings. The average Bonchev–Trinajstić information content (AvgIpc) is 2.94. The first kappa shape index (κ1) is 14.5. The molecule has 0 bridgehead atoms. The van der Waals surface area contributed by atoms with Crippen LogP contribution >= 0.6 is 11.8 Å². The highest BCUT2D eigenvalue weighted by Gasteiger charge is 2.10. The predicted molar refractivity (Wildman–Crippen MR) is 79.5 cm³/mol. The van der Waals surface area contributed by atoms with Crippen LogP contribution in [0.4, 0.5) is 4.79 Å². The molecule has 108 valence electrons. The van der Waals surface area contributed by atoms with Crippen LogP contribution in [-0.2, 0) is 0 Å². The number of carbonyl (C=O) groups excluding carboxylic acids is 1. The quantitative estimate of drug-likeness (QED) is 0.813. The zero-order valence-electron chi connectivity index (χ0n) is 11.2. The molecule has 0 aromatic heterocycles. The number of benzene rings is 1. The van der Waals surface area contributed by atoms with Gasteiger partial charge in [-0.05, 0) is 31.2 Å². The molecule has 2 N–H and O–H groups in total. The maximum Gasteiger partial charge on any atom is 0.323 e. The molecular weight excluding hydrogens is 278 g/mol. The number of rotatable bonds is 5. The van der Waals surface area contributed by atoms with Crippen molar-refractivity contribution in [1.82, 2.24) is 10.6 Å². The van der Waals surface area contributed by atoms with E-state index < -0.39 is 0 Å². The van der Waals surface area contributed by atoms with E-state index in [0.717, 1.165) is 18.0 Å². The number of amidine groups is 1. The molecule has 1 heterocycles. The second kappa shape index (κ2) is 7.64. The number of ether oxygens (including phenoxy) is 2. The van der Waals surface area contributed by atoms with Crippen LogP contribution in [-0.4, -0.2) is 36.8 Å². The summed E-state index contributed by atoms with van der Waals surface area (Å²) in [7, 11) is 0. The molecule has 0 spiro atoms. The highest BCUT2D eigenvalue weighted by atomic mass is 32.2. The van der Waals surface area contributed by atoms with Crippen LogP contribution in [0.2, 0.25) is 0 Å². The lowest BCUT2D eigenvalue weighted by Crippen LogP contribution is -2.39. The number of thioether (sulfide) groups is 1. The predicted octanol–water partition coefficient (Wildman–Crippen LogP) is 1.82. The SMILES string of the molecule is CCOc1ccc(OCNC(=O)NC2=NCCS2)cc1. The monoisotopic (exact) mass is 295 g/mol. The summed E-state index contributed by atoms with van der Waals surface area (Å²) in [5.74, 6) is 2.38. The maximum atomic E-state index is 11.5. The molecule has 0 radical (unpaired) electrons. The lowest BCUT2D eigenvalue weighted by atomic mass is 10.3. The van der Waals surface area contributed by atoms with E-state index in [9.17, 15) is 4.79 Å². The Morgan fingerprint density at radius 3 is 2.60 bits per heavy atom. The highest BCUT2D eigenvalue weighted by molar-refractivity contribution is 8.14. The van der Waals surface area contributed by atoms with Gasteiger partial charge in [0.25, 0.3) is 0 Å². The van der Waals surface area contributed by atoms with Gasteiger partial charge >= 0.3 is 6.03 Å². The van der Waals surface area contributed by atoms with Crippen molar-refractivity contribution in [2.75, 3.05) is 25.6 Å². The molecule has 1 aromatic rings. The molecule has 7 heteroatoms. The van der Waals surface area contributed by atoms with Gasteiger partial charge in [-0.3, -0.25) is 10.3 Å². The lowest BCUT2D eigenvalue weighted by Gasteiger charge is -2.09. The first-order valence-electron chi connectivity index (χ1n) is 6.35. The molecule has 1 aliphatic heterocycles. The van der Waals surface area contributed by atoms with E-state index in [1.54, 1.807) is 12.1 Å². The minimum absolute atomic E-state index is 0.0950. The first-order chi connectivity index (χ1) is 9.78. The number of nitrogens with zero attached hydrogens (tertiary/aromatic N) is 1. The minimum Gasteiger partial charge on any atom is -0.494 e. The molecule has 6 nitrogen and oxygen atoms in total. The molecule has 1 aliphatic rings. The van der Waals surface area contributed by atoms with Gasteiger partial charge < -0.3 is 14.8 Å². The van der Waals surface area contributed by atoms with Crippen LogP contribution in [0.15, 0.2) is 29.3 Å². The summed E-state index contributed by atoms with van der Waals surface area (Å²) in [5, 5.41) is 5.91. The Balaban J connectivity index is 1.68. The second-order valence-corrected chi connectivity index (χ2v) is 4.94. The van der Waals surface area contributed by atoms with E-state index >= 15 is 0 Å². The molecular formula is C13H17N3O3S. The third-order valence-electron chi connectivity index (χ3n) is 2.41. The van der Waals surface area contributed by atoms with Gasteiger partial charge in [-0.2, -0.15) is 0 Å². The van der Waals surface area contributed by atoms with Crippen molar-refractivity contribution in [3.8, 4) is 11.5 Å². The molecule has 0 aliphatic carbocycles. The van der Waals surface area contributed by atoms with E-state index in [-0.39, 0.29) is 12.8 Å². The van der Waals surface area contributed by atoms with Crippen LogP contribution < -0.4 is 20.1 Å². The van der Waals surface area contributed by atoms with Crippen molar-refractivity contribution in [3.63, 3.8) is 0 Å². The van der Waals surface area contributed by atoms with Crippen LogP contribution in [0.5, 0.6) is 11.5 Å². The largest absolute Gasteiger partial charge is 0.494 e. The van der Waals surface area contributed by atoms with Gasteiger partial charge in [-0.15, -0.1) is 0 Å². The minimum atomic E-state index is -0.316. The topological polar surface area (TPSA) is 72.0 Å². The van der Waals surface area contributed by atoms with E-state index in [2.05, 4.69) is 15.6 Å². The summed E-state index contributed by atoms with van der Waals surface area (Å²) in [6, 6.07) is 6.92. The Kier molecular flexibility index (Phi) is 5.55. The van der Waals surface area contributed by atoms with E-state index in [0.29, 0.717) is 17.5 Å². The van der Waals surface area contributed by atoms with Crippen molar-refractivity contribution in [1.29, 1.82) is 0 Å². The molecule has 0 saturated carbocycles. The second-order valence-electron chi connectivity index (χ2n) is 3.86. The summed E-state index contributed by atoms with van der Waals surface area (Å²) in [4.78, 5) is 15.6. The number of aliphatic imine (C=N–C) groups is 1. The number of carbonyl (C=O) groups is 1. The fourth-order valence-electron chi connectivity index (χ4n) is 1.54. The molecule has 0 unspecified atom stereocenters. The molecule has 2 amide bonds. The van der Waals surface area contributed by atoms with Crippen LogP contribution in [0, 0.1) is 0 Å². The maximum absolute atomic E-state index is 11.5. The summed E-state index contributed by atoms with van der Waals surface area (Å²) >= 11 is 1.53. The van der Waals surface area contributed by atoms with Crippen molar-refractivity contribution < 1.29 is 14.3 Å². The van der Waals surface area contributed by atoms with Crippen molar-refractivity contribution >= 4 is 23.0 Å². The Morgan fingerprint density at radius 2 is 2.00 bits per heavy atom. The first-order valence-corrected chi connectivity index (χ1v) is 7.34. The van der Waals surface area contributed by atoms with Gasteiger partial charge in [0.2, 0.25) is 0 Å². The zero-order valence-corrected chi connectivity index (χ0v) is 12.0. The molecule has 20 heavy (non-hydrogen) atoms. The Morgan fingerprint density at radius 1 is 1.30 bits per heavy atom. The Hall–Kier alpha value is -1.89. The summed E-state index contributed by atoms with van der Waals surface area (Å²) in [6.07, 6.45) is 0. The highest BCUT2D eigenvalue weighted by Crippen LogP contribution is 2.17. The third kappa shape index (κ3) is 4.65. The van der Waals surface area contributed by atoms with E-state index in [1.165, 1.54) is 11.8 Å². The van der Waals surface area contributed by atoms with Crippen molar-refractivity contribution in [2.45, 2.75) is 6.92 Å². The number of nitrogens with one attached hydrogen (secondary N) is 2. The van der Waals surface area contributed by atoms with E-state index in [1.807, 2.05) is 19.1 Å². The van der Waals surface area contributed by atoms with Gasteiger partial charge in [0.1, 0.15) is 11.5 Å². The fourth-order valence-corrected chi connectivity index (χ4v) is 2.26. The normalized spacial score (nSPS) is 13.6. The van der Waals surface area contributed by atoms with Crippen molar-refractivity contribution in [2.24, 2.45) is 4.99 Å². The number of hydrogen-bond acceptors (Lipinski definition) is 5. The molecule has 0 atom stereocenters. The Bertz CT molecular complexity index is 476. The average molecular weight is 295 g/mol. The zero-order chi connectivity index (χ0) is 14.2. The van der Waals surface area contributed by atoms with Crippen LogP contribution in [0.3, 0.4) is 0 Å². The third-order valence-corrected chi connectivity index (χ3v) is 3.30. The van der Waals surface area contributed by atoms with Gasteiger partial charge in [-0.25, -0.2) is 4.79 Å². The number of hydrogen-bond donors (Lipinski definition) is 2. The lowest BCUT2D eigenvalue weighted by molar-refractivity contribution is 0.228. The van der Waals surface area contributed by atoms with Gasteiger partial charge in [0, 0.05) is 5.75 Å². The number of urea groups is 1. The van der Waals surface area contributed by atoms with Gasteiger partial charge in [-0.1, -0.05) is 11.8 Å². The summed E-state index contributed by atoms with van der Waals surface area (Å²) in [5.41, 5.74) is 0.